The minimum absolute atomic E-state index is 0.0690. The summed E-state index contributed by atoms with van der Waals surface area (Å²) in [5.41, 5.74) is -0.316. The van der Waals surface area contributed by atoms with E-state index in [-0.39, 0.29) is 23.6 Å². The van der Waals surface area contributed by atoms with E-state index in [1.54, 1.807) is 0 Å². The predicted octanol–water partition coefficient (Wildman–Crippen LogP) is 2.06. The van der Waals surface area contributed by atoms with E-state index in [4.69, 9.17) is 16.7 Å². The van der Waals surface area contributed by atoms with Gasteiger partial charge in [0.15, 0.2) is 11.6 Å². The van der Waals surface area contributed by atoms with Gasteiger partial charge in [-0.1, -0.05) is 11.6 Å². The first-order valence-corrected chi connectivity index (χ1v) is 5.62. The van der Waals surface area contributed by atoms with E-state index in [1.807, 2.05) is 0 Å². The summed E-state index contributed by atoms with van der Waals surface area (Å²) in [5.74, 6) is -4.66. The lowest BCUT2D eigenvalue weighted by atomic mass is 9.98. The third-order valence-electron chi connectivity index (χ3n) is 3.01. The van der Waals surface area contributed by atoms with Crippen LogP contribution in [0, 0.1) is 17.6 Å². The monoisotopic (exact) mass is 277 g/mol. The molecule has 7 heteroatoms. The molecule has 1 fully saturated rings. The summed E-state index contributed by atoms with van der Waals surface area (Å²) in [7, 11) is 0. The van der Waals surface area contributed by atoms with Crippen molar-refractivity contribution < 1.29 is 23.8 Å². The van der Waals surface area contributed by atoms with Crippen molar-refractivity contribution in [3.8, 4) is 5.75 Å². The predicted molar refractivity (Wildman–Crippen MR) is 59.5 cm³/mol. The summed E-state index contributed by atoms with van der Waals surface area (Å²) in [6.45, 7) is 0.132. The van der Waals surface area contributed by atoms with Crippen LogP contribution in [-0.4, -0.2) is 22.7 Å². The zero-order valence-corrected chi connectivity index (χ0v) is 9.84. The number of halogens is 3. The molecule has 0 aliphatic carbocycles. The highest BCUT2D eigenvalue weighted by Gasteiger charge is 2.34. The molecule has 1 aromatic rings. The van der Waals surface area contributed by atoms with E-state index < -0.39 is 35.3 Å². The van der Waals surface area contributed by atoms with Gasteiger partial charge in [0.2, 0.25) is 0 Å². The number of hydrogen-bond donors (Lipinski definition) is 3. The molecule has 2 rings (SSSR count). The summed E-state index contributed by atoms with van der Waals surface area (Å²) >= 11 is 5.57. The van der Waals surface area contributed by atoms with Gasteiger partial charge in [-0.15, -0.1) is 0 Å². The van der Waals surface area contributed by atoms with Gasteiger partial charge in [-0.05, 0) is 12.5 Å². The second kappa shape index (κ2) is 4.70. The zero-order chi connectivity index (χ0) is 13.4. The maximum absolute atomic E-state index is 13.6. The van der Waals surface area contributed by atoms with Crippen molar-refractivity contribution in [3.05, 3.63) is 28.3 Å². The molecule has 1 aliphatic rings. The van der Waals surface area contributed by atoms with Crippen LogP contribution < -0.4 is 5.32 Å². The number of aliphatic carboxylic acids is 1. The lowest BCUT2D eigenvalue weighted by Crippen LogP contribution is -2.18. The quantitative estimate of drug-likeness (QED) is 0.724. The summed E-state index contributed by atoms with van der Waals surface area (Å²) in [6.07, 6.45) is 0.0690. The molecule has 1 saturated heterocycles. The molecule has 98 valence electrons. The number of phenols is 1. The molecule has 2 unspecified atom stereocenters. The van der Waals surface area contributed by atoms with Crippen LogP contribution in [0.15, 0.2) is 6.07 Å². The van der Waals surface area contributed by atoms with Crippen molar-refractivity contribution in [2.45, 2.75) is 12.5 Å². The van der Waals surface area contributed by atoms with Crippen LogP contribution in [-0.2, 0) is 4.79 Å². The Hall–Kier alpha value is -1.40. The summed E-state index contributed by atoms with van der Waals surface area (Å²) < 4.78 is 26.9. The molecule has 0 aromatic heterocycles. The van der Waals surface area contributed by atoms with Crippen LogP contribution in [0.3, 0.4) is 0 Å². The number of hydrogen-bond acceptors (Lipinski definition) is 3. The first kappa shape index (κ1) is 13.0. The van der Waals surface area contributed by atoms with Crippen LogP contribution in [0.1, 0.15) is 18.0 Å². The molecule has 1 aliphatic heterocycles. The van der Waals surface area contributed by atoms with Crippen LogP contribution >= 0.6 is 11.6 Å². The SMILES string of the molecule is O=C(O)C1CNC(c2c(O)c(Cl)cc(F)c2F)C1. The van der Waals surface area contributed by atoms with Crippen LogP contribution in [0.25, 0.3) is 0 Å². The Morgan fingerprint density at radius 2 is 2.17 bits per heavy atom. The standard InChI is InChI=1S/C11H10ClF2NO3/c12-5-2-6(13)9(14)8(10(5)16)7-1-4(3-15-7)11(17)18/h2,4,7,15-16H,1,3H2,(H,17,18). The highest BCUT2D eigenvalue weighted by molar-refractivity contribution is 6.32. The number of carboxylic acids is 1. The normalized spacial score (nSPS) is 23.3. The van der Waals surface area contributed by atoms with Crippen molar-refractivity contribution in [1.29, 1.82) is 0 Å². The molecule has 3 N–H and O–H groups in total. The summed E-state index contributed by atoms with van der Waals surface area (Å²) in [4.78, 5) is 10.8. The molecular formula is C11H10ClF2NO3. The molecule has 0 bridgehead atoms. The number of carbonyl (C=O) groups is 1. The lowest BCUT2D eigenvalue weighted by Gasteiger charge is -2.15. The van der Waals surface area contributed by atoms with Gasteiger partial charge < -0.3 is 15.5 Å². The van der Waals surface area contributed by atoms with E-state index in [2.05, 4.69) is 5.32 Å². The lowest BCUT2D eigenvalue weighted by molar-refractivity contribution is -0.141. The minimum atomic E-state index is -1.21. The molecule has 0 saturated carbocycles. The Morgan fingerprint density at radius 1 is 1.50 bits per heavy atom. The van der Waals surface area contributed by atoms with Gasteiger partial charge in [0.1, 0.15) is 5.75 Å². The van der Waals surface area contributed by atoms with Crippen molar-refractivity contribution in [2.24, 2.45) is 5.92 Å². The number of carboxylic acid groups (broad SMARTS) is 1. The van der Waals surface area contributed by atoms with E-state index >= 15 is 0 Å². The molecule has 0 amide bonds. The van der Waals surface area contributed by atoms with Gasteiger partial charge in [-0.2, -0.15) is 0 Å². The average molecular weight is 278 g/mol. The highest BCUT2D eigenvalue weighted by atomic mass is 35.5. The van der Waals surface area contributed by atoms with E-state index in [0.29, 0.717) is 6.07 Å². The second-order valence-electron chi connectivity index (χ2n) is 4.15. The number of nitrogens with one attached hydrogen (secondary N) is 1. The summed E-state index contributed by atoms with van der Waals surface area (Å²) in [5, 5.41) is 20.9. The fourth-order valence-corrected chi connectivity index (χ4v) is 2.26. The van der Waals surface area contributed by atoms with Crippen molar-refractivity contribution in [3.63, 3.8) is 0 Å². The zero-order valence-electron chi connectivity index (χ0n) is 9.08. The largest absolute Gasteiger partial charge is 0.506 e. The fraction of sp³-hybridized carbons (Fsp3) is 0.364. The number of rotatable bonds is 2. The number of phenolic OH excluding ortho intramolecular Hbond substituents is 1. The Bertz CT molecular complexity index is 483. The van der Waals surface area contributed by atoms with Crippen LogP contribution in [0.2, 0.25) is 5.02 Å². The van der Waals surface area contributed by atoms with Crippen LogP contribution in [0.5, 0.6) is 5.75 Å². The van der Waals surface area contributed by atoms with E-state index in [1.165, 1.54) is 0 Å². The number of benzene rings is 1. The first-order chi connectivity index (χ1) is 8.41. The van der Waals surface area contributed by atoms with Gasteiger partial charge in [0, 0.05) is 12.6 Å². The molecule has 0 spiro atoms. The minimum Gasteiger partial charge on any atom is -0.506 e. The smallest absolute Gasteiger partial charge is 0.307 e. The first-order valence-electron chi connectivity index (χ1n) is 5.24. The van der Waals surface area contributed by atoms with Gasteiger partial charge in [-0.3, -0.25) is 4.79 Å². The third kappa shape index (κ3) is 2.13. The highest BCUT2D eigenvalue weighted by Crippen LogP contribution is 2.39. The average Bonchev–Trinajstić information content (AvgIpc) is 2.76. The summed E-state index contributed by atoms with van der Waals surface area (Å²) in [6, 6.07) is -0.0846. The molecule has 2 atom stereocenters. The molecule has 18 heavy (non-hydrogen) atoms. The fourth-order valence-electron chi connectivity index (χ4n) is 2.07. The van der Waals surface area contributed by atoms with E-state index in [0.717, 1.165) is 0 Å². The van der Waals surface area contributed by atoms with Crippen molar-refractivity contribution in [1.82, 2.24) is 5.32 Å². The van der Waals surface area contributed by atoms with Crippen LogP contribution in [0.4, 0.5) is 8.78 Å². The Labute approximate surface area is 106 Å². The maximum Gasteiger partial charge on any atom is 0.307 e. The molecule has 4 nitrogen and oxygen atoms in total. The topological polar surface area (TPSA) is 69.6 Å². The maximum atomic E-state index is 13.6. The van der Waals surface area contributed by atoms with Gasteiger partial charge in [-0.25, -0.2) is 8.78 Å². The number of aromatic hydroxyl groups is 1. The van der Waals surface area contributed by atoms with Gasteiger partial charge >= 0.3 is 5.97 Å². The molecule has 1 heterocycles. The van der Waals surface area contributed by atoms with Crippen molar-refractivity contribution in [2.75, 3.05) is 6.54 Å². The van der Waals surface area contributed by atoms with Gasteiger partial charge in [0.05, 0.1) is 16.5 Å². The van der Waals surface area contributed by atoms with Gasteiger partial charge in [0.25, 0.3) is 0 Å². The second-order valence-corrected chi connectivity index (χ2v) is 4.56. The Balaban J connectivity index is 2.38. The molecular weight excluding hydrogens is 268 g/mol. The third-order valence-corrected chi connectivity index (χ3v) is 3.30. The molecule has 1 aromatic carbocycles. The van der Waals surface area contributed by atoms with E-state index in [9.17, 15) is 18.7 Å². The molecule has 0 radical (unpaired) electrons. The Morgan fingerprint density at radius 3 is 2.72 bits per heavy atom. The van der Waals surface area contributed by atoms with Crippen molar-refractivity contribution >= 4 is 17.6 Å². The Kier molecular flexibility index (Phi) is 3.41.